The minimum absolute atomic E-state index is 0.0147. The molecule has 70 valence electrons. The summed E-state index contributed by atoms with van der Waals surface area (Å²) in [5, 5.41) is 9.07. The first kappa shape index (κ1) is 8.63. The largest absolute Gasteiger partial charge is 0.396 e. The molecule has 13 heavy (non-hydrogen) atoms. The summed E-state index contributed by atoms with van der Waals surface area (Å²) < 4.78 is 12.8. The quantitative estimate of drug-likeness (QED) is 0.767. The van der Waals surface area contributed by atoms with Crippen molar-refractivity contribution in [3.8, 4) is 0 Å². The van der Waals surface area contributed by atoms with Crippen LogP contribution in [0.5, 0.6) is 0 Å². The molecule has 1 aliphatic carbocycles. The number of hydrogen-bond acceptors (Lipinski definition) is 2. The first-order valence-corrected chi connectivity index (χ1v) is 4.45. The van der Waals surface area contributed by atoms with E-state index in [1.165, 1.54) is 18.3 Å². The second kappa shape index (κ2) is 3.07. The van der Waals surface area contributed by atoms with Gasteiger partial charge in [-0.15, -0.1) is 0 Å². The lowest BCUT2D eigenvalue weighted by Crippen LogP contribution is -2.11. The van der Waals surface area contributed by atoms with Gasteiger partial charge in [-0.1, -0.05) is 0 Å². The van der Waals surface area contributed by atoms with E-state index in [2.05, 4.69) is 4.98 Å². The number of aliphatic hydroxyl groups excluding tert-OH is 1. The molecular formula is C10H12FNO. The van der Waals surface area contributed by atoms with Crippen molar-refractivity contribution in [2.24, 2.45) is 5.41 Å². The maximum atomic E-state index is 12.8. The van der Waals surface area contributed by atoms with Crippen LogP contribution in [0, 0.1) is 11.2 Å². The highest BCUT2D eigenvalue weighted by Crippen LogP contribution is 2.47. The van der Waals surface area contributed by atoms with Gasteiger partial charge in [-0.25, -0.2) is 4.39 Å². The SMILES string of the molecule is OCC1(Cc2cc(F)ccn2)CC1. The van der Waals surface area contributed by atoms with Crippen LogP contribution in [0.2, 0.25) is 0 Å². The van der Waals surface area contributed by atoms with Gasteiger partial charge < -0.3 is 5.11 Å². The molecule has 0 bridgehead atoms. The average molecular weight is 181 g/mol. The summed E-state index contributed by atoms with van der Waals surface area (Å²) in [5.74, 6) is -0.251. The molecule has 0 unspecified atom stereocenters. The summed E-state index contributed by atoms with van der Waals surface area (Å²) in [4.78, 5) is 4.06. The van der Waals surface area contributed by atoms with Crippen LogP contribution in [0.3, 0.4) is 0 Å². The molecule has 0 amide bonds. The fourth-order valence-electron chi connectivity index (χ4n) is 1.50. The standard InChI is InChI=1S/C10H12FNO/c11-8-1-4-12-9(5-8)6-10(7-13)2-3-10/h1,4-5,13H,2-3,6-7H2. The van der Waals surface area contributed by atoms with Gasteiger partial charge in [-0.3, -0.25) is 4.98 Å². The van der Waals surface area contributed by atoms with Crippen LogP contribution in [0.4, 0.5) is 4.39 Å². The van der Waals surface area contributed by atoms with Crippen molar-refractivity contribution >= 4 is 0 Å². The zero-order valence-corrected chi connectivity index (χ0v) is 7.33. The molecule has 0 atom stereocenters. The third kappa shape index (κ3) is 1.86. The third-order valence-electron chi connectivity index (χ3n) is 2.63. The second-order valence-corrected chi connectivity index (χ2v) is 3.80. The Hall–Kier alpha value is -0.960. The van der Waals surface area contributed by atoms with Crippen LogP contribution < -0.4 is 0 Å². The number of aromatic nitrogens is 1. The maximum absolute atomic E-state index is 12.8. The zero-order valence-electron chi connectivity index (χ0n) is 7.33. The first-order valence-electron chi connectivity index (χ1n) is 4.45. The first-order chi connectivity index (χ1) is 6.24. The highest BCUT2D eigenvalue weighted by Gasteiger charge is 2.42. The molecule has 1 aliphatic rings. The second-order valence-electron chi connectivity index (χ2n) is 3.80. The number of aliphatic hydroxyl groups is 1. The van der Waals surface area contributed by atoms with Crippen molar-refractivity contribution in [2.75, 3.05) is 6.61 Å². The van der Waals surface area contributed by atoms with E-state index < -0.39 is 0 Å². The van der Waals surface area contributed by atoms with E-state index in [-0.39, 0.29) is 17.8 Å². The molecule has 0 saturated heterocycles. The molecule has 0 spiro atoms. The number of rotatable bonds is 3. The van der Waals surface area contributed by atoms with Crippen LogP contribution in [0.15, 0.2) is 18.3 Å². The lowest BCUT2D eigenvalue weighted by molar-refractivity contribution is 0.210. The maximum Gasteiger partial charge on any atom is 0.126 e. The van der Waals surface area contributed by atoms with Crippen molar-refractivity contribution in [1.29, 1.82) is 0 Å². The van der Waals surface area contributed by atoms with Crippen LogP contribution in [-0.2, 0) is 6.42 Å². The van der Waals surface area contributed by atoms with Gasteiger partial charge in [0.25, 0.3) is 0 Å². The molecule has 1 aromatic rings. The highest BCUT2D eigenvalue weighted by atomic mass is 19.1. The summed E-state index contributed by atoms with van der Waals surface area (Å²) in [5.41, 5.74) is 0.757. The van der Waals surface area contributed by atoms with E-state index >= 15 is 0 Å². The monoisotopic (exact) mass is 181 g/mol. The molecule has 1 fully saturated rings. The molecule has 2 rings (SSSR count). The Kier molecular flexibility index (Phi) is 2.04. The molecular weight excluding hydrogens is 169 g/mol. The van der Waals surface area contributed by atoms with E-state index in [0.29, 0.717) is 6.42 Å². The molecule has 1 aromatic heterocycles. The topological polar surface area (TPSA) is 33.1 Å². The van der Waals surface area contributed by atoms with Crippen molar-refractivity contribution < 1.29 is 9.50 Å². The summed E-state index contributed by atoms with van der Waals surface area (Å²) in [6.07, 6.45) is 4.22. The van der Waals surface area contributed by atoms with Crippen molar-refractivity contribution in [3.63, 3.8) is 0 Å². The Morgan fingerprint density at radius 3 is 2.85 bits per heavy atom. The Balaban J connectivity index is 2.09. The van der Waals surface area contributed by atoms with E-state index in [1.54, 1.807) is 0 Å². The van der Waals surface area contributed by atoms with Gasteiger partial charge in [0.05, 0.1) is 0 Å². The Bertz CT molecular complexity index is 310. The van der Waals surface area contributed by atoms with E-state index in [4.69, 9.17) is 5.11 Å². The van der Waals surface area contributed by atoms with Gasteiger partial charge in [-0.05, 0) is 36.8 Å². The molecule has 0 aromatic carbocycles. The van der Waals surface area contributed by atoms with Crippen LogP contribution in [-0.4, -0.2) is 16.7 Å². The predicted octanol–water partition coefficient (Wildman–Crippen LogP) is 1.54. The van der Waals surface area contributed by atoms with E-state index in [9.17, 15) is 4.39 Å². The summed E-state index contributed by atoms with van der Waals surface area (Å²) >= 11 is 0. The van der Waals surface area contributed by atoms with Gasteiger partial charge in [0, 0.05) is 18.5 Å². The van der Waals surface area contributed by atoms with Gasteiger partial charge in [0.1, 0.15) is 5.82 Å². The van der Waals surface area contributed by atoms with E-state index in [1.807, 2.05) is 0 Å². The minimum atomic E-state index is -0.251. The van der Waals surface area contributed by atoms with Gasteiger partial charge in [0.15, 0.2) is 0 Å². The smallest absolute Gasteiger partial charge is 0.126 e. The number of nitrogens with zero attached hydrogens (tertiary/aromatic N) is 1. The molecule has 1 heterocycles. The Morgan fingerprint density at radius 1 is 1.54 bits per heavy atom. The van der Waals surface area contributed by atoms with Gasteiger partial charge >= 0.3 is 0 Å². The summed E-state index contributed by atoms with van der Waals surface area (Å²) in [6, 6.07) is 2.78. The van der Waals surface area contributed by atoms with Gasteiger partial charge in [0.2, 0.25) is 0 Å². The van der Waals surface area contributed by atoms with Crippen molar-refractivity contribution in [1.82, 2.24) is 4.98 Å². The number of pyridine rings is 1. The van der Waals surface area contributed by atoms with Crippen LogP contribution in [0.25, 0.3) is 0 Å². The fourth-order valence-corrected chi connectivity index (χ4v) is 1.50. The Labute approximate surface area is 76.4 Å². The Morgan fingerprint density at radius 2 is 2.31 bits per heavy atom. The molecule has 1 saturated carbocycles. The third-order valence-corrected chi connectivity index (χ3v) is 2.63. The number of halogens is 1. The lowest BCUT2D eigenvalue weighted by atomic mass is 10.0. The van der Waals surface area contributed by atoms with Gasteiger partial charge in [-0.2, -0.15) is 0 Å². The average Bonchev–Trinajstić information content (AvgIpc) is 2.86. The lowest BCUT2D eigenvalue weighted by Gasteiger charge is -2.09. The predicted molar refractivity (Wildman–Crippen MR) is 46.7 cm³/mol. The molecule has 1 N–H and O–H groups in total. The highest BCUT2D eigenvalue weighted by molar-refractivity contribution is 5.11. The molecule has 3 heteroatoms. The summed E-state index contributed by atoms with van der Waals surface area (Å²) in [7, 11) is 0. The van der Waals surface area contributed by atoms with Crippen molar-refractivity contribution in [2.45, 2.75) is 19.3 Å². The van der Waals surface area contributed by atoms with Crippen LogP contribution >= 0.6 is 0 Å². The molecule has 2 nitrogen and oxygen atoms in total. The normalized spacial score (nSPS) is 18.6. The fraction of sp³-hybridized carbons (Fsp3) is 0.500. The molecule has 0 aliphatic heterocycles. The van der Waals surface area contributed by atoms with Crippen molar-refractivity contribution in [3.05, 3.63) is 29.8 Å². The van der Waals surface area contributed by atoms with E-state index in [0.717, 1.165) is 18.5 Å². The van der Waals surface area contributed by atoms with Crippen LogP contribution in [0.1, 0.15) is 18.5 Å². The summed E-state index contributed by atoms with van der Waals surface area (Å²) in [6.45, 7) is 0.186. The molecule has 0 radical (unpaired) electrons. The number of hydrogen-bond donors (Lipinski definition) is 1. The zero-order chi connectivity index (χ0) is 9.31. The minimum Gasteiger partial charge on any atom is -0.396 e.